The van der Waals surface area contributed by atoms with E-state index in [1.54, 1.807) is 0 Å². The predicted octanol–water partition coefficient (Wildman–Crippen LogP) is 0.684. The molecule has 0 aliphatic carbocycles. The van der Waals surface area contributed by atoms with Crippen molar-refractivity contribution in [3.8, 4) is 0 Å². The van der Waals surface area contributed by atoms with Crippen LogP contribution in [0.15, 0.2) is 18.2 Å². The number of ether oxygens (including phenoxy) is 1. The molecule has 0 saturated heterocycles. The third kappa shape index (κ3) is 4.24. The molecule has 8 nitrogen and oxygen atoms in total. The highest BCUT2D eigenvalue weighted by atomic mass is 16.6. The number of nitro groups is 1. The fraction of sp³-hybridized carbons (Fsp3) is 0.222. The van der Waals surface area contributed by atoms with Crippen molar-refractivity contribution < 1.29 is 14.5 Å². The second kappa shape index (κ2) is 5.54. The van der Waals surface area contributed by atoms with Crippen molar-refractivity contribution in [1.82, 2.24) is 0 Å². The first-order valence-corrected chi connectivity index (χ1v) is 4.70. The summed E-state index contributed by atoms with van der Waals surface area (Å²) in [5.74, 6) is 0. The summed E-state index contributed by atoms with van der Waals surface area (Å²) in [6, 6.07) is 4.13. The summed E-state index contributed by atoms with van der Waals surface area (Å²) in [5, 5.41) is 13.4. The Morgan fingerprint density at radius 1 is 1.47 bits per heavy atom. The number of amides is 1. The smallest absolute Gasteiger partial charge is 0.404 e. The van der Waals surface area contributed by atoms with Gasteiger partial charge in [0, 0.05) is 30.1 Å². The molecule has 0 aromatic heterocycles. The molecule has 1 aromatic rings. The highest BCUT2D eigenvalue weighted by Gasteiger charge is 2.08. The van der Waals surface area contributed by atoms with Crippen molar-refractivity contribution in [2.75, 3.05) is 24.2 Å². The van der Waals surface area contributed by atoms with E-state index in [0.717, 1.165) is 0 Å². The van der Waals surface area contributed by atoms with Crippen molar-refractivity contribution in [3.05, 3.63) is 28.3 Å². The van der Waals surface area contributed by atoms with E-state index in [4.69, 9.17) is 11.5 Å². The van der Waals surface area contributed by atoms with Gasteiger partial charge in [0.2, 0.25) is 0 Å². The van der Waals surface area contributed by atoms with E-state index >= 15 is 0 Å². The lowest BCUT2D eigenvalue weighted by atomic mass is 10.2. The van der Waals surface area contributed by atoms with Crippen molar-refractivity contribution in [3.63, 3.8) is 0 Å². The van der Waals surface area contributed by atoms with E-state index in [1.807, 2.05) is 0 Å². The zero-order chi connectivity index (χ0) is 12.8. The van der Waals surface area contributed by atoms with Crippen molar-refractivity contribution in [2.45, 2.75) is 0 Å². The van der Waals surface area contributed by atoms with Crippen LogP contribution in [-0.4, -0.2) is 24.2 Å². The lowest BCUT2D eigenvalue weighted by Gasteiger charge is -2.07. The van der Waals surface area contributed by atoms with Gasteiger partial charge in [-0.1, -0.05) is 0 Å². The van der Waals surface area contributed by atoms with Gasteiger partial charge in [-0.25, -0.2) is 4.79 Å². The van der Waals surface area contributed by atoms with Gasteiger partial charge in [0.1, 0.15) is 6.61 Å². The number of carbonyl (C=O) groups is 1. The standard InChI is InChI=1S/C9H12N4O4/c10-6-3-7(5-8(4-6)13(15)16)12-1-2-17-9(11)14/h3-5,12H,1-2,10H2,(H2,11,14). The number of non-ortho nitro benzene ring substituents is 1. The van der Waals surface area contributed by atoms with Crippen molar-refractivity contribution in [1.29, 1.82) is 0 Å². The molecule has 5 N–H and O–H groups in total. The first-order valence-electron chi connectivity index (χ1n) is 4.70. The van der Waals surface area contributed by atoms with Crippen LogP contribution in [0.25, 0.3) is 0 Å². The Morgan fingerprint density at radius 3 is 2.76 bits per heavy atom. The summed E-state index contributed by atoms with van der Waals surface area (Å²) in [6.45, 7) is 0.349. The van der Waals surface area contributed by atoms with Gasteiger partial charge in [-0.2, -0.15) is 0 Å². The molecular weight excluding hydrogens is 228 g/mol. The minimum atomic E-state index is -0.870. The summed E-state index contributed by atoms with van der Waals surface area (Å²) in [5.41, 5.74) is 10.9. The highest BCUT2D eigenvalue weighted by molar-refractivity contribution is 5.64. The van der Waals surface area contributed by atoms with Gasteiger partial charge < -0.3 is 21.5 Å². The molecule has 1 rings (SSSR count). The van der Waals surface area contributed by atoms with E-state index in [9.17, 15) is 14.9 Å². The molecule has 1 amide bonds. The van der Waals surface area contributed by atoms with E-state index in [-0.39, 0.29) is 24.5 Å². The first kappa shape index (κ1) is 12.6. The minimum absolute atomic E-state index is 0.0674. The molecule has 0 atom stereocenters. The molecule has 92 valence electrons. The van der Waals surface area contributed by atoms with Crippen LogP contribution >= 0.6 is 0 Å². The third-order valence-corrected chi connectivity index (χ3v) is 1.83. The van der Waals surface area contributed by atoms with Crippen LogP contribution in [0.4, 0.5) is 21.9 Å². The maximum absolute atomic E-state index is 10.6. The van der Waals surface area contributed by atoms with Gasteiger partial charge in [0.05, 0.1) is 4.92 Å². The SMILES string of the molecule is NC(=O)OCCNc1cc(N)cc([N+](=O)[O-])c1. The summed E-state index contributed by atoms with van der Waals surface area (Å²) in [6.07, 6.45) is -0.870. The number of anilines is 2. The Hall–Kier alpha value is -2.51. The van der Waals surface area contributed by atoms with Crippen LogP contribution in [-0.2, 0) is 4.74 Å². The van der Waals surface area contributed by atoms with E-state index in [2.05, 4.69) is 10.1 Å². The molecular formula is C9H12N4O4. The van der Waals surface area contributed by atoms with Crippen LogP contribution in [0.1, 0.15) is 0 Å². The average molecular weight is 240 g/mol. The number of carbonyl (C=O) groups excluding carboxylic acids is 1. The molecule has 0 aliphatic rings. The van der Waals surface area contributed by atoms with E-state index in [1.165, 1.54) is 18.2 Å². The second-order valence-electron chi connectivity index (χ2n) is 3.16. The summed E-state index contributed by atoms with van der Waals surface area (Å²) in [7, 11) is 0. The van der Waals surface area contributed by atoms with Gasteiger partial charge in [-0.05, 0) is 6.07 Å². The number of nitro benzene ring substituents is 1. The third-order valence-electron chi connectivity index (χ3n) is 1.83. The quantitative estimate of drug-likeness (QED) is 0.300. The maximum Gasteiger partial charge on any atom is 0.404 e. The molecule has 0 aliphatic heterocycles. The normalized spacial score (nSPS) is 9.65. The zero-order valence-electron chi connectivity index (χ0n) is 8.88. The van der Waals surface area contributed by atoms with E-state index < -0.39 is 11.0 Å². The molecule has 8 heteroatoms. The topological polar surface area (TPSA) is 134 Å². The maximum atomic E-state index is 10.6. The van der Waals surface area contributed by atoms with Gasteiger partial charge in [-0.3, -0.25) is 10.1 Å². The summed E-state index contributed by atoms with van der Waals surface area (Å²) in [4.78, 5) is 20.3. The molecule has 0 unspecified atom stereocenters. The van der Waals surface area contributed by atoms with E-state index in [0.29, 0.717) is 5.69 Å². The summed E-state index contributed by atoms with van der Waals surface area (Å²) < 4.78 is 4.48. The Balaban J connectivity index is 2.59. The molecule has 0 heterocycles. The van der Waals surface area contributed by atoms with Gasteiger partial charge in [-0.15, -0.1) is 0 Å². The summed E-state index contributed by atoms with van der Waals surface area (Å²) >= 11 is 0. The Kier molecular flexibility index (Phi) is 4.09. The number of primary amides is 1. The largest absolute Gasteiger partial charge is 0.448 e. The highest BCUT2D eigenvalue weighted by Crippen LogP contribution is 2.21. The average Bonchev–Trinajstić information content (AvgIpc) is 2.23. The van der Waals surface area contributed by atoms with Crippen LogP contribution in [0.3, 0.4) is 0 Å². The van der Waals surface area contributed by atoms with Crippen molar-refractivity contribution in [2.24, 2.45) is 5.73 Å². The molecule has 17 heavy (non-hydrogen) atoms. The van der Waals surface area contributed by atoms with Gasteiger partial charge in [0.25, 0.3) is 5.69 Å². The van der Waals surface area contributed by atoms with Gasteiger partial charge >= 0.3 is 6.09 Å². The number of nitrogens with two attached hydrogens (primary N) is 2. The van der Waals surface area contributed by atoms with Crippen LogP contribution < -0.4 is 16.8 Å². The lowest BCUT2D eigenvalue weighted by Crippen LogP contribution is -2.18. The molecule has 1 aromatic carbocycles. The number of hydrogen-bond donors (Lipinski definition) is 3. The molecule has 0 spiro atoms. The number of benzene rings is 1. The fourth-order valence-corrected chi connectivity index (χ4v) is 1.19. The van der Waals surface area contributed by atoms with Gasteiger partial charge in [0.15, 0.2) is 0 Å². The van der Waals surface area contributed by atoms with Crippen molar-refractivity contribution >= 4 is 23.2 Å². The first-order chi connectivity index (χ1) is 7.99. The number of hydrogen-bond acceptors (Lipinski definition) is 6. The zero-order valence-corrected chi connectivity index (χ0v) is 8.88. The minimum Gasteiger partial charge on any atom is -0.448 e. The number of nitrogen functional groups attached to an aromatic ring is 1. The molecule has 0 bridgehead atoms. The lowest BCUT2D eigenvalue weighted by molar-refractivity contribution is -0.384. The molecule has 0 radical (unpaired) electrons. The Labute approximate surface area is 96.7 Å². The Morgan fingerprint density at radius 2 is 2.18 bits per heavy atom. The van der Waals surface area contributed by atoms with Crippen LogP contribution in [0, 0.1) is 10.1 Å². The second-order valence-corrected chi connectivity index (χ2v) is 3.16. The fourth-order valence-electron chi connectivity index (χ4n) is 1.19. The Bertz CT molecular complexity index is 435. The van der Waals surface area contributed by atoms with Crippen LogP contribution in [0.2, 0.25) is 0 Å². The van der Waals surface area contributed by atoms with Crippen LogP contribution in [0.5, 0.6) is 0 Å². The molecule has 0 saturated carbocycles. The monoisotopic (exact) mass is 240 g/mol. The molecule has 0 fully saturated rings. The number of nitrogens with one attached hydrogen (secondary N) is 1. The number of rotatable bonds is 5. The number of nitrogens with zero attached hydrogens (tertiary/aromatic N) is 1. The predicted molar refractivity (Wildman–Crippen MR) is 61.5 cm³/mol.